The van der Waals surface area contributed by atoms with Gasteiger partial charge in [0.25, 0.3) is 5.56 Å². The number of aromatic nitrogens is 2. The molecule has 0 amide bonds. The van der Waals surface area contributed by atoms with Crippen molar-refractivity contribution in [3.63, 3.8) is 0 Å². The van der Waals surface area contributed by atoms with E-state index in [1.165, 1.54) is 36.7 Å². The van der Waals surface area contributed by atoms with Gasteiger partial charge in [0.15, 0.2) is 5.16 Å². The van der Waals surface area contributed by atoms with Crippen molar-refractivity contribution in [2.45, 2.75) is 56.5 Å². The van der Waals surface area contributed by atoms with Gasteiger partial charge in [-0.2, -0.15) is 0 Å². The number of benzene rings is 2. The molecule has 0 N–H and O–H groups in total. The highest BCUT2D eigenvalue weighted by Crippen LogP contribution is 2.25. The third kappa shape index (κ3) is 5.13. The van der Waals surface area contributed by atoms with Crippen molar-refractivity contribution in [1.29, 1.82) is 0 Å². The van der Waals surface area contributed by atoms with Crippen LogP contribution in [0.1, 0.15) is 53.6 Å². The highest BCUT2D eigenvalue weighted by Gasteiger charge is 2.15. The molecule has 4 rings (SSSR count). The fourth-order valence-electron chi connectivity index (χ4n) is 3.97. The maximum absolute atomic E-state index is 13.4. The Morgan fingerprint density at radius 1 is 1.16 bits per heavy atom. The quantitative estimate of drug-likeness (QED) is 0.202. The average Bonchev–Trinajstić information content (AvgIpc) is 2.83. The number of carbonyl (C=O) groups excluding carboxylic acids is 1. The van der Waals surface area contributed by atoms with Gasteiger partial charge in [-0.15, -0.1) is 0 Å². The Labute approximate surface area is 192 Å². The molecule has 2 aromatic carbocycles. The molecular weight excluding hydrogens is 420 g/mol. The maximum atomic E-state index is 13.4. The second-order valence-corrected chi connectivity index (χ2v) is 9.15. The molecule has 0 aliphatic heterocycles. The van der Waals surface area contributed by atoms with Crippen molar-refractivity contribution >= 4 is 28.6 Å². The summed E-state index contributed by atoms with van der Waals surface area (Å²) in [7, 11) is 1.35. The number of methoxy groups -OCH3 is 1. The van der Waals surface area contributed by atoms with Crippen LogP contribution in [0, 0.1) is 6.92 Å². The summed E-state index contributed by atoms with van der Waals surface area (Å²) in [5.74, 6) is 0.286. The first-order valence-corrected chi connectivity index (χ1v) is 12.0. The minimum absolute atomic E-state index is 0.0609. The van der Waals surface area contributed by atoms with E-state index < -0.39 is 5.97 Å². The SMILES string of the molecule is COC(=O)c1ccc2c(=O)n(CCC3=CCCCC3)c(SCc3ccc(C)cc3)nc2c1. The molecule has 0 spiro atoms. The van der Waals surface area contributed by atoms with Gasteiger partial charge in [0.05, 0.1) is 23.6 Å². The lowest BCUT2D eigenvalue weighted by atomic mass is 9.97. The molecule has 0 saturated heterocycles. The Morgan fingerprint density at radius 3 is 2.69 bits per heavy atom. The molecule has 0 fully saturated rings. The van der Waals surface area contributed by atoms with E-state index in [1.54, 1.807) is 34.5 Å². The number of hydrogen-bond donors (Lipinski definition) is 0. The zero-order valence-corrected chi connectivity index (χ0v) is 19.4. The third-order valence-corrected chi connectivity index (χ3v) is 6.92. The molecule has 1 aromatic heterocycles. The Hall–Kier alpha value is -2.86. The van der Waals surface area contributed by atoms with Crippen molar-refractivity contribution in [2.24, 2.45) is 0 Å². The van der Waals surface area contributed by atoms with Gasteiger partial charge < -0.3 is 4.74 Å². The second-order valence-electron chi connectivity index (χ2n) is 8.21. The summed E-state index contributed by atoms with van der Waals surface area (Å²) >= 11 is 1.56. The van der Waals surface area contributed by atoms with Gasteiger partial charge in [-0.05, 0) is 62.8 Å². The summed E-state index contributed by atoms with van der Waals surface area (Å²) in [5.41, 5.74) is 4.69. The maximum Gasteiger partial charge on any atom is 0.337 e. The highest BCUT2D eigenvalue weighted by molar-refractivity contribution is 7.98. The minimum Gasteiger partial charge on any atom is -0.465 e. The van der Waals surface area contributed by atoms with Crippen molar-refractivity contribution < 1.29 is 9.53 Å². The van der Waals surface area contributed by atoms with E-state index in [9.17, 15) is 9.59 Å². The van der Waals surface area contributed by atoms with Gasteiger partial charge in [-0.3, -0.25) is 9.36 Å². The third-order valence-electron chi connectivity index (χ3n) is 5.87. The molecule has 0 radical (unpaired) electrons. The van der Waals surface area contributed by atoms with Gasteiger partial charge >= 0.3 is 5.97 Å². The fraction of sp³-hybridized carbons (Fsp3) is 0.346. The smallest absolute Gasteiger partial charge is 0.337 e. The van der Waals surface area contributed by atoms with Crippen LogP contribution in [0.4, 0.5) is 0 Å². The second kappa shape index (κ2) is 10.2. The van der Waals surface area contributed by atoms with E-state index >= 15 is 0 Å². The van der Waals surface area contributed by atoms with E-state index in [1.807, 2.05) is 0 Å². The first kappa shape index (κ1) is 22.3. The number of ether oxygens (including phenoxy) is 1. The lowest BCUT2D eigenvalue weighted by molar-refractivity contribution is 0.0601. The van der Waals surface area contributed by atoms with E-state index in [0.29, 0.717) is 28.2 Å². The van der Waals surface area contributed by atoms with Gasteiger partial charge in [0.1, 0.15) is 0 Å². The van der Waals surface area contributed by atoms with Crippen molar-refractivity contribution in [1.82, 2.24) is 9.55 Å². The summed E-state index contributed by atoms with van der Waals surface area (Å²) in [6.45, 7) is 2.68. The molecule has 166 valence electrons. The monoisotopic (exact) mass is 448 g/mol. The normalized spacial score (nSPS) is 13.8. The number of esters is 1. The van der Waals surface area contributed by atoms with Crippen LogP contribution in [0.15, 0.2) is 64.1 Å². The molecule has 1 aliphatic carbocycles. The molecule has 0 saturated carbocycles. The fourth-order valence-corrected chi connectivity index (χ4v) is 4.95. The van der Waals surface area contributed by atoms with Crippen molar-refractivity contribution in [2.75, 3.05) is 7.11 Å². The van der Waals surface area contributed by atoms with Crippen LogP contribution in [-0.2, 0) is 17.0 Å². The Bertz CT molecular complexity index is 1210. The lowest BCUT2D eigenvalue weighted by Crippen LogP contribution is -2.24. The first-order chi connectivity index (χ1) is 15.5. The van der Waals surface area contributed by atoms with Crippen LogP contribution >= 0.6 is 11.8 Å². The van der Waals surface area contributed by atoms with E-state index in [4.69, 9.17) is 9.72 Å². The largest absolute Gasteiger partial charge is 0.465 e. The van der Waals surface area contributed by atoms with Crippen molar-refractivity contribution in [3.8, 4) is 0 Å². The van der Waals surface area contributed by atoms with E-state index in [-0.39, 0.29) is 5.56 Å². The summed E-state index contributed by atoms with van der Waals surface area (Å²) in [4.78, 5) is 30.2. The summed E-state index contributed by atoms with van der Waals surface area (Å²) < 4.78 is 6.63. The number of carbonyl (C=O) groups is 1. The molecule has 6 heteroatoms. The molecule has 5 nitrogen and oxygen atoms in total. The summed E-state index contributed by atoms with van der Waals surface area (Å²) in [6, 6.07) is 13.4. The number of hydrogen-bond acceptors (Lipinski definition) is 5. The topological polar surface area (TPSA) is 61.2 Å². The van der Waals surface area contributed by atoms with Crippen molar-refractivity contribution in [3.05, 3.63) is 81.2 Å². The molecule has 0 unspecified atom stereocenters. The van der Waals surface area contributed by atoms with Crippen LogP contribution in [0.3, 0.4) is 0 Å². The minimum atomic E-state index is -0.434. The van der Waals surface area contributed by atoms with Crippen LogP contribution < -0.4 is 5.56 Å². The molecule has 0 bridgehead atoms. The average molecular weight is 449 g/mol. The van der Waals surface area contributed by atoms with Gasteiger partial charge in [0.2, 0.25) is 0 Å². The standard InChI is InChI=1S/C26H28N2O3S/c1-18-8-10-20(11-9-18)17-32-26-27-23-16-21(25(30)31-2)12-13-22(23)24(29)28(26)15-14-19-6-4-3-5-7-19/h6,8-13,16H,3-5,7,14-15,17H2,1-2H3. The Morgan fingerprint density at radius 2 is 1.97 bits per heavy atom. The van der Waals surface area contributed by atoms with E-state index in [0.717, 1.165) is 25.0 Å². The zero-order chi connectivity index (χ0) is 22.5. The molecular formula is C26H28N2O3S. The highest BCUT2D eigenvalue weighted by atomic mass is 32.2. The van der Waals surface area contributed by atoms with Crippen LogP contribution in [0.2, 0.25) is 0 Å². The lowest BCUT2D eigenvalue weighted by Gasteiger charge is -2.16. The number of fused-ring (bicyclic) bond motifs is 1. The number of rotatable bonds is 7. The number of nitrogens with zero attached hydrogens (tertiary/aromatic N) is 2. The number of aryl methyl sites for hydroxylation is 1. The van der Waals surface area contributed by atoms with Gasteiger partial charge in [-0.1, -0.05) is 53.2 Å². The Balaban J connectivity index is 1.69. The summed E-state index contributed by atoms with van der Waals surface area (Å²) in [6.07, 6.45) is 7.91. The summed E-state index contributed by atoms with van der Waals surface area (Å²) in [5, 5.41) is 1.21. The molecule has 3 aromatic rings. The van der Waals surface area contributed by atoms with Crippen LogP contribution in [-0.4, -0.2) is 22.6 Å². The molecule has 0 atom stereocenters. The molecule has 1 heterocycles. The van der Waals surface area contributed by atoms with E-state index in [2.05, 4.69) is 37.3 Å². The molecule has 32 heavy (non-hydrogen) atoms. The first-order valence-electron chi connectivity index (χ1n) is 11.0. The van der Waals surface area contributed by atoms with Gasteiger partial charge in [-0.25, -0.2) is 9.78 Å². The predicted octanol–water partition coefficient (Wildman–Crippen LogP) is 5.67. The molecule has 1 aliphatic rings. The van der Waals surface area contributed by atoms with Crippen LogP contribution in [0.5, 0.6) is 0 Å². The van der Waals surface area contributed by atoms with Crippen LogP contribution in [0.25, 0.3) is 10.9 Å². The zero-order valence-electron chi connectivity index (χ0n) is 18.6. The number of thioether (sulfide) groups is 1. The Kier molecular flexibility index (Phi) is 7.10. The predicted molar refractivity (Wildman–Crippen MR) is 129 cm³/mol. The number of allylic oxidation sites excluding steroid dienone is 2. The van der Waals surface area contributed by atoms with Gasteiger partial charge in [0, 0.05) is 12.3 Å².